The standard InChI is InChI=1S/C37H31Cl2F3N4O7/c1-17-4-2-5-23(30(17)49)29-21-11-12-22-28(34(52)45(32(22)50)13-3-6-27(47)48)24(21)15-25-33(51)46(35(53)36(25,29)18-7-9-20(38)10-8-18)44-31-26(39)14-19(16-43-31)37(40,41)42/h2,4-5,7-11,14,16,22,24-25,28-29,49H,3,6,12-13,15H2,1H3,(H,43,44)(H,47,48)/t22-,24+,25-,28-,29+,36+/m0/s1. The number of fused-ring (bicyclic) bond motifs is 4. The van der Waals surface area contributed by atoms with Crippen molar-refractivity contribution < 1.29 is 47.4 Å². The lowest BCUT2D eigenvalue weighted by atomic mass is 9.49. The number of pyridine rings is 1. The molecule has 1 saturated carbocycles. The van der Waals surface area contributed by atoms with Crippen LogP contribution in [0.5, 0.6) is 5.75 Å². The van der Waals surface area contributed by atoms with E-state index in [0.717, 1.165) is 4.90 Å². The van der Waals surface area contributed by atoms with Crippen molar-refractivity contribution in [3.63, 3.8) is 0 Å². The Bertz CT molecular complexity index is 2110. The van der Waals surface area contributed by atoms with Gasteiger partial charge in [-0.3, -0.25) is 34.3 Å². The number of aryl methyl sites for hydroxylation is 1. The Morgan fingerprint density at radius 2 is 1.75 bits per heavy atom. The van der Waals surface area contributed by atoms with E-state index in [2.05, 4.69) is 10.4 Å². The van der Waals surface area contributed by atoms with Gasteiger partial charge in [-0.25, -0.2) is 4.98 Å². The number of phenols is 1. The molecular weight excluding hydrogens is 740 g/mol. The van der Waals surface area contributed by atoms with Gasteiger partial charge >= 0.3 is 12.1 Å². The zero-order valence-corrected chi connectivity index (χ0v) is 29.4. The van der Waals surface area contributed by atoms with E-state index in [4.69, 9.17) is 28.3 Å². The number of hydrogen-bond acceptors (Lipinski definition) is 8. The summed E-state index contributed by atoms with van der Waals surface area (Å²) in [6.07, 6.45) is -2.66. The van der Waals surface area contributed by atoms with Crippen LogP contribution in [0.1, 0.15) is 53.9 Å². The first kappa shape index (κ1) is 36.4. The number of aliphatic carboxylic acids is 1. The van der Waals surface area contributed by atoms with Crippen molar-refractivity contribution in [1.29, 1.82) is 0 Å². The summed E-state index contributed by atoms with van der Waals surface area (Å²) < 4.78 is 40.3. The number of aromatic nitrogens is 1. The summed E-state index contributed by atoms with van der Waals surface area (Å²) in [5.41, 5.74) is 1.26. The molecule has 4 aliphatic rings. The molecular formula is C37H31Cl2F3N4O7. The molecule has 0 spiro atoms. The fourth-order valence-corrected chi connectivity index (χ4v) is 9.05. The van der Waals surface area contributed by atoms with Gasteiger partial charge in [0, 0.05) is 35.7 Å². The molecule has 3 aromatic rings. The van der Waals surface area contributed by atoms with Gasteiger partial charge in [-0.1, -0.05) is 65.2 Å². The smallest absolute Gasteiger partial charge is 0.417 e. The Labute approximate surface area is 310 Å². The number of imide groups is 2. The number of hydrazine groups is 1. The van der Waals surface area contributed by atoms with Gasteiger partial charge < -0.3 is 10.2 Å². The highest BCUT2D eigenvalue weighted by atomic mass is 35.5. The molecule has 3 N–H and O–H groups in total. The highest BCUT2D eigenvalue weighted by molar-refractivity contribution is 6.33. The molecule has 11 nitrogen and oxygen atoms in total. The van der Waals surface area contributed by atoms with E-state index < -0.39 is 87.2 Å². The molecule has 2 saturated heterocycles. The number of carbonyl (C=O) groups is 5. The van der Waals surface area contributed by atoms with Crippen LogP contribution in [0.3, 0.4) is 0 Å². The Hall–Kier alpha value is -4.95. The van der Waals surface area contributed by atoms with Crippen LogP contribution in [0.4, 0.5) is 19.0 Å². The third-order valence-corrected chi connectivity index (χ3v) is 11.5. The molecule has 3 heterocycles. The monoisotopic (exact) mass is 770 g/mol. The minimum atomic E-state index is -4.77. The molecule has 276 valence electrons. The number of para-hydroxylation sites is 1. The molecule has 0 unspecified atom stereocenters. The summed E-state index contributed by atoms with van der Waals surface area (Å²) in [4.78, 5) is 73.7. The van der Waals surface area contributed by atoms with Crippen molar-refractivity contribution in [3.8, 4) is 5.75 Å². The van der Waals surface area contributed by atoms with Gasteiger partial charge in [-0.15, -0.1) is 0 Å². The molecule has 7 rings (SSSR count). The van der Waals surface area contributed by atoms with Crippen LogP contribution < -0.4 is 5.43 Å². The number of carbonyl (C=O) groups excluding carboxylic acids is 4. The Morgan fingerprint density at radius 3 is 2.42 bits per heavy atom. The van der Waals surface area contributed by atoms with Gasteiger partial charge in [0.15, 0.2) is 5.82 Å². The Morgan fingerprint density at radius 1 is 1.04 bits per heavy atom. The number of alkyl halides is 3. The lowest BCUT2D eigenvalue weighted by Crippen LogP contribution is -2.53. The molecule has 3 fully saturated rings. The van der Waals surface area contributed by atoms with Gasteiger partial charge in [0.2, 0.25) is 11.8 Å². The fourth-order valence-electron chi connectivity index (χ4n) is 8.72. The van der Waals surface area contributed by atoms with Crippen LogP contribution in [0.25, 0.3) is 0 Å². The number of amides is 4. The number of halogens is 5. The summed E-state index contributed by atoms with van der Waals surface area (Å²) in [5, 5.41) is 21.3. The summed E-state index contributed by atoms with van der Waals surface area (Å²) in [5.74, 6) is -9.05. The number of carboxylic acids is 1. The first-order valence-electron chi connectivity index (χ1n) is 16.8. The number of aromatic hydroxyl groups is 1. The van der Waals surface area contributed by atoms with Crippen LogP contribution in [0.15, 0.2) is 66.4 Å². The molecule has 0 radical (unpaired) electrons. The Balaban J connectivity index is 1.40. The van der Waals surface area contributed by atoms with Crippen molar-refractivity contribution in [3.05, 3.63) is 98.7 Å². The van der Waals surface area contributed by atoms with E-state index in [9.17, 15) is 37.5 Å². The highest BCUT2D eigenvalue weighted by Gasteiger charge is 2.70. The second-order valence-electron chi connectivity index (χ2n) is 13.8. The normalized spacial score (nSPS) is 26.7. The predicted molar refractivity (Wildman–Crippen MR) is 183 cm³/mol. The lowest BCUT2D eigenvalue weighted by Gasteiger charge is -2.50. The van der Waals surface area contributed by atoms with Crippen molar-refractivity contribution >= 4 is 58.6 Å². The average Bonchev–Trinajstić information content (AvgIpc) is 3.47. The number of phenolic OH excluding ortho intramolecular Hbond substituents is 1. The zero-order chi connectivity index (χ0) is 38.1. The first-order valence-corrected chi connectivity index (χ1v) is 17.5. The molecule has 53 heavy (non-hydrogen) atoms. The fraction of sp³-hybridized carbons (Fsp3) is 0.351. The molecule has 1 aromatic heterocycles. The predicted octanol–water partition coefficient (Wildman–Crippen LogP) is 6.27. The van der Waals surface area contributed by atoms with Gasteiger partial charge in [0.05, 0.1) is 33.8 Å². The second-order valence-corrected chi connectivity index (χ2v) is 14.6. The largest absolute Gasteiger partial charge is 0.507 e. The summed E-state index contributed by atoms with van der Waals surface area (Å²) in [7, 11) is 0. The van der Waals surface area contributed by atoms with Crippen LogP contribution in [-0.4, -0.2) is 61.2 Å². The minimum absolute atomic E-state index is 0.0491. The van der Waals surface area contributed by atoms with Crippen molar-refractivity contribution in [1.82, 2.24) is 14.9 Å². The number of allylic oxidation sites excluding steroid dienone is 2. The summed E-state index contributed by atoms with van der Waals surface area (Å²) in [6, 6.07) is 11.9. The number of rotatable bonds is 8. The number of benzene rings is 2. The van der Waals surface area contributed by atoms with Gasteiger partial charge in [0.25, 0.3) is 11.8 Å². The topological polar surface area (TPSA) is 157 Å². The third kappa shape index (κ3) is 5.73. The number of hydrogen-bond donors (Lipinski definition) is 3. The Kier molecular flexibility index (Phi) is 9.05. The van der Waals surface area contributed by atoms with Crippen LogP contribution in [-0.2, 0) is 35.6 Å². The van der Waals surface area contributed by atoms with Crippen LogP contribution in [0.2, 0.25) is 10.0 Å². The first-order chi connectivity index (χ1) is 25.1. The summed E-state index contributed by atoms with van der Waals surface area (Å²) >= 11 is 12.5. The quantitative estimate of drug-likeness (QED) is 0.177. The molecule has 6 atom stereocenters. The van der Waals surface area contributed by atoms with E-state index >= 15 is 4.79 Å². The number of nitrogens with one attached hydrogen (secondary N) is 1. The maximum atomic E-state index is 15.2. The minimum Gasteiger partial charge on any atom is -0.507 e. The number of carboxylic acid groups (broad SMARTS) is 1. The van der Waals surface area contributed by atoms with Gasteiger partial charge in [-0.05, 0) is 61.4 Å². The molecule has 4 amide bonds. The molecule has 16 heteroatoms. The second kappa shape index (κ2) is 13.2. The number of anilines is 1. The maximum absolute atomic E-state index is 15.2. The summed E-state index contributed by atoms with van der Waals surface area (Å²) in [6.45, 7) is 1.56. The molecule has 2 aliphatic heterocycles. The maximum Gasteiger partial charge on any atom is 0.417 e. The average molecular weight is 772 g/mol. The van der Waals surface area contributed by atoms with Gasteiger partial charge in [0.1, 0.15) is 5.75 Å². The van der Waals surface area contributed by atoms with Crippen LogP contribution >= 0.6 is 23.2 Å². The van der Waals surface area contributed by atoms with E-state index in [-0.39, 0.29) is 43.5 Å². The number of nitrogens with zero attached hydrogens (tertiary/aromatic N) is 3. The number of likely N-dealkylation sites (tertiary alicyclic amines) is 1. The van der Waals surface area contributed by atoms with E-state index in [1.165, 1.54) is 0 Å². The van der Waals surface area contributed by atoms with Crippen LogP contribution in [0, 0.1) is 30.6 Å². The molecule has 2 aliphatic carbocycles. The lowest BCUT2D eigenvalue weighted by molar-refractivity contribution is -0.142. The molecule has 0 bridgehead atoms. The van der Waals surface area contributed by atoms with E-state index in [1.54, 1.807) is 55.5 Å². The van der Waals surface area contributed by atoms with Gasteiger partial charge in [-0.2, -0.15) is 18.2 Å². The highest BCUT2D eigenvalue weighted by Crippen LogP contribution is 2.65. The van der Waals surface area contributed by atoms with Crippen molar-refractivity contribution in [2.24, 2.45) is 23.7 Å². The zero-order valence-electron chi connectivity index (χ0n) is 27.9. The van der Waals surface area contributed by atoms with E-state index in [1.807, 2.05) is 0 Å². The van der Waals surface area contributed by atoms with Crippen molar-refractivity contribution in [2.45, 2.75) is 50.1 Å². The SMILES string of the molecule is Cc1cccc([C@H]2C3=CC[C@@H]4C(=O)N(CCCC(=O)O)C(=O)[C@@H]4[C@@H]3C[C@H]3C(=O)N(Nc4ncc(C(F)(F)F)cc4Cl)C(=O)[C@@]23c2ccc(Cl)cc2)c1O. The third-order valence-electron chi connectivity index (χ3n) is 11.0. The van der Waals surface area contributed by atoms with E-state index in [0.29, 0.717) is 39.0 Å². The van der Waals surface area contributed by atoms with Crippen molar-refractivity contribution in [2.75, 3.05) is 12.0 Å². The molecule has 2 aromatic carbocycles.